The van der Waals surface area contributed by atoms with Gasteiger partial charge >= 0.3 is 0 Å². The molecule has 0 radical (unpaired) electrons. The van der Waals surface area contributed by atoms with Gasteiger partial charge in [-0.15, -0.1) is 0 Å². The van der Waals surface area contributed by atoms with Crippen molar-refractivity contribution in [1.82, 2.24) is 5.32 Å². The van der Waals surface area contributed by atoms with Gasteiger partial charge in [-0.3, -0.25) is 4.79 Å². The molecule has 1 fully saturated rings. The quantitative estimate of drug-likeness (QED) is 0.869. The normalized spacial score (nSPS) is 22.3. The van der Waals surface area contributed by atoms with E-state index in [0.717, 1.165) is 37.9 Å². The van der Waals surface area contributed by atoms with Gasteiger partial charge in [-0.1, -0.05) is 19.8 Å². The average molecular weight is 277 g/mol. The molecule has 0 aliphatic heterocycles. The molecule has 0 heterocycles. The number of amides is 1. The summed E-state index contributed by atoms with van der Waals surface area (Å²) in [6.45, 7) is 2.73. The molecule has 4 nitrogen and oxygen atoms in total. The third-order valence-corrected chi connectivity index (χ3v) is 3.64. The van der Waals surface area contributed by atoms with Crippen molar-refractivity contribution in [1.29, 1.82) is 0 Å². The van der Waals surface area contributed by atoms with Gasteiger partial charge in [0, 0.05) is 5.56 Å². The van der Waals surface area contributed by atoms with Gasteiger partial charge in [0.05, 0.1) is 18.8 Å². The van der Waals surface area contributed by atoms with Gasteiger partial charge in [-0.2, -0.15) is 0 Å². The van der Waals surface area contributed by atoms with E-state index in [0.29, 0.717) is 12.2 Å². The monoisotopic (exact) mass is 277 g/mol. The lowest BCUT2D eigenvalue weighted by Gasteiger charge is -2.28. The molecule has 1 aromatic rings. The summed E-state index contributed by atoms with van der Waals surface area (Å²) in [5.41, 5.74) is 0.603. The fourth-order valence-corrected chi connectivity index (χ4v) is 2.45. The fraction of sp³-hybridized carbons (Fsp3) is 0.562. The first-order chi connectivity index (χ1) is 9.70. The maximum atomic E-state index is 12.1. The van der Waals surface area contributed by atoms with Crippen molar-refractivity contribution < 1.29 is 14.6 Å². The van der Waals surface area contributed by atoms with Gasteiger partial charge in [0.15, 0.2) is 0 Å². The third-order valence-electron chi connectivity index (χ3n) is 3.64. The van der Waals surface area contributed by atoms with Crippen LogP contribution in [0.25, 0.3) is 0 Å². The zero-order valence-electron chi connectivity index (χ0n) is 12.0. The second-order valence-corrected chi connectivity index (χ2v) is 5.30. The standard InChI is InChI=1S/C16H23NO3/c1-2-11-20-13-9-7-12(8-10-13)16(19)17-14-5-3-4-6-15(14)18/h7-10,14-15,18H,2-6,11H2,1H3,(H,17,19)/t14-,15-/m0/s1. The van der Waals surface area contributed by atoms with Gasteiger partial charge in [0.1, 0.15) is 5.75 Å². The Labute approximate surface area is 120 Å². The number of benzene rings is 1. The van der Waals surface area contributed by atoms with Gasteiger partial charge in [0.2, 0.25) is 0 Å². The van der Waals surface area contributed by atoms with E-state index < -0.39 is 6.10 Å². The van der Waals surface area contributed by atoms with Crippen LogP contribution in [0.3, 0.4) is 0 Å². The maximum absolute atomic E-state index is 12.1. The Kier molecular flexibility index (Phi) is 5.41. The summed E-state index contributed by atoms with van der Waals surface area (Å²) in [6, 6.07) is 7.02. The van der Waals surface area contributed by atoms with Gasteiger partial charge in [-0.05, 0) is 43.5 Å². The molecule has 1 amide bonds. The van der Waals surface area contributed by atoms with Gasteiger partial charge < -0.3 is 15.2 Å². The summed E-state index contributed by atoms with van der Waals surface area (Å²) in [5.74, 6) is 0.652. The molecule has 1 saturated carbocycles. The second kappa shape index (κ2) is 7.29. The number of aliphatic hydroxyl groups excluding tert-OH is 1. The minimum Gasteiger partial charge on any atom is -0.494 e. The second-order valence-electron chi connectivity index (χ2n) is 5.30. The molecule has 0 bridgehead atoms. The number of hydrogen-bond donors (Lipinski definition) is 2. The van der Waals surface area contributed by atoms with E-state index in [1.807, 2.05) is 12.1 Å². The Hall–Kier alpha value is -1.55. The highest BCUT2D eigenvalue weighted by Gasteiger charge is 2.24. The van der Waals surface area contributed by atoms with E-state index in [-0.39, 0.29) is 11.9 Å². The lowest BCUT2D eigenvalue weighted by Crippen LogP contribution is -2.45. The summed E-state index contributed by atoms with van der Waals surface area (Å²) in [7, 11) is 0. The van der Waals surface area contributed by atoms with Crippen molar-refractivity contribution in [3.63, 3.8) is 0 Å². The van der Waals surface area contributed by atoms with Crippen LogP contribution in [-0.4, -0.2) is 29.8 Å². The van der Waals surface area contributed by atoms with Gasteiger partial charge in [0.25, 0.3) is 5.91 Å². The molecule has 0 saturated heterocycles. The smallest absolute Gasteiger partial charge is 0.251 e. The van der Waals surface area contributed by atoms with Gasteiger partial charge in [-0.25, -0.2) is 0 Å². The number of nitrogens with one attached hydrogen (secondary N) is 1. The van der Waals surface area contributed by atoms with Crippen LogP contribution in [0.15, 0.2) is 24.3 Å². The predicted molar refractivity (Wildman–Crippen MR) is 78.0 cm³/mol. The first-order valence-electron chi connectivity index (χ1n) is 7.42. The molecule has 0 aromatic heterocycles. The number of carbonyl (C=O) groups is 1. The van der Waals surface area contributed by atoms with Crippen LogP contribution in [0, 0.1) is 0 Å². The fourth-order valence-electron chi connectivity index (χ4n) is 2.45. The lowest BCUT2D eigenvalue weighted by atomic mass is 9.92. The van der Waals surface area contributed by atoms with Crippen LogP contribution in [0.4, 0.5) is 0 Å². The van der Waals surface area contributed by atoms with Crippen LogP contribution in [-0.2, 0) is 0 Å². The minimum absolute atomic E-state index is 0.118. The highest BCUT2D eigenvalue weighted by atomic mass is 16.5. The molecule has 4 heteroatoms. The third kappa shape index (κ3) is 3.97. The van der Waals surface area contributed by atoms with E-state index in [2.05, 4.69) is 12.2 Å². The summed E-state index contributed by atoms with van der Waals surface area (Å²) in [6.07, 6.45) is 4.27. The van der Waals surface area contributed by atoms with E-state index in [1.54, 1.807) is 12.1 Å². The number of carbonyl (C=O) groups excluding carboxylic acids is 1. The van der Waals surface area contributed by atoms with E-state index in [4.69, 9.17) is 4.74 Å². The Balaban J connectivity index is 1.91. The van der Waals surface area contributed by atoms with Crippen LogP contribution >= 0.6 is 0 Å². The van der Waals surface area contributed by atoms with E-state index >= 15 is 0 Å². The highest BCUT2D eigenvalue weighted by Crippen LogP contribution is 2.19. The molecule has 2 N–H and O–H groups in total. The molecular weight excluding hydrogens is 254 g/mol. The van der Waals surface area contributed by atoms with Crippen molar-refractivity contribution in [3.8, 4) is 5.75 Å². The molecule has 0 unspecified atom stereocenters. The molecule has 2 atom stereocenters. The van der Waals surface area contributed by atoms with Crippen molar-refractivity contribution in [2.45, 2.75) is 51.2 Å². The van der Waals surface area contributed by atoms with Crippen molar-refractivity contribution in [3.05, 3.63) is 29.8 Å². The zero-order chi connectivity index (χ0) is 14.4. The van der Waals surface area contributed by atoms with Crippen LogP contribution in [0.1, 0.15) is 49.4 Å². The van der Waals surface area contributed by atoms with Crippen LogP contribution < -0.4 is 10.1 Å². The number of ether oxygens (including phenoxy) is 1. The first-order valence-corrected chi connectivity index (χ1v) is 7.42. The Morgan fingerprint density at radius 3 is 2.65 bits per heavy atom. The van der Waals surface area contributed by atoms with Crippen molar-refractivity contribution in [2.24, 2.45) is 0 Å². The van der Waals surface area contributed by atoms with Crippen molar-refractivity contribution >= 4 is 5.91 Å². The summed E-state index contributed by atoms with van der Waals surface area (Å²) < 4.78 is 5.49. The summed E-state index contributed by atoms with van der Waals surface area (Å²) in [4.78, 5) is 12.1. The molecular formula is C16H23NO3. The summed E-state index contributed by atoms with van der Waals surface area (Å²) in [5, 5.41) is 12.8. The highest BCUT2D eigenvalue weighted by molar-refractivity contribution is 5.94. The number of rotatable bonds is 5. The molecule has 0 spiro atoms. The number of aliphatic hydroxyl groups is 1. The molecule has 110 valence electrons. The maximum Gasteiger partial charge on any atom is 0.251 e. The molecule has 2 rings (SSSR count). The lowest BCUT2D eigenvalue weighted by molar-refractivity contribution is 0.0717. The van der Waals surface area contributed by atoms with Crippen LogP contribution in [0.5, 0.6) is 5.75 Å². The zero-order valence-corrected chi connectivity index (χ0v) is 12.0. The average Bonchev–Trinajstić information content (AvgIpc) is 2.48. The SMILES string of the molecule is CCCOc1ccc(C(=O)N[C@H]2CCCC[C@@H]2O)cc1. The van der Waals surface area contributed by atoms with E-state index in [9.17, 15) is 9.90 Å². The van der Waals surface area contributed by atoms with E-state index in [1.165, 1.54) is 0 Å². The topological polar surface area (TPSA) is 58.6 Å². The number of hydrogen-bond acceptors (Lipinski definition) is 3. The molecule has 1 aliphatic rings. The molecule has 1 aromatic carbocycles. The Morgan fingerprint density at radius 2 is 2.00 bits per heavy atom. The first kappa shape index (κ1) is 14.9. The Morgan fingerprint density at radius 1 is 1.30 bits per heavy atom. The molecule has 1 aliphatic carbocycles. The van der Waals surface area contributed by atoms with Crippen molar-refractivity contribution in [2.75, 3.05) is 6.61 Å². The summed E-state index contributed by atoms with van der Waals surface area (Å²) >= 11 is 0. The predicted octanol–water partition coefficient (Wildman–Crippen LogP) is 2.51. The minimum atomic E-state index is -0.417. The molecule has 20 heavy (non-hydrogen) atoms. The Bertz CT molecular complexity index is 430. The van der Waals surface area contributed by atoms with Crippen LogP contribution in [0.2, 0.25) is 0 Å². The largest absolute Gasteiger partial charge is 0.494 e.